The second-order valence-corrected chi connectivity index (χ2v) is 8.29. The number of nitrogens with zero attached hydrogens (tertiary/aromatic N) is 2. The highest BCUT2D eigenvalue weighted by molar-refractivity contribution is 5.93. The number of hydrogen-bond acceptors (Lipinski definition) is 4. The van der Waals surface area contributed by atoms with Gasteiger partial charge in [-0.15, -0.1) is 0 Å². The number of ether oxygens (including phenoxy) is 1. The maximum atomic E-state index is 12.8. The van der Waals surface area contributed by atoms with E-state index in [1.54, 1.807) is 18.2 Å². The van der Waals surface area contributed by atoms with Crippen LogP contribution in [0.15, 0.2) is 66.7 Å². The molecule has 6 heteroatoms. The first-order valence-corrected chi connectivity index (χ1v) is 10.9. The zero-order chi connectivity index (χ0) is 23.1. The van der Waals surface area contributed by atoms with Crippen LogP contribution in [-0.4, -0.2) is 25.9 Å². The molecule has 34 heavy (non-hydrogen) atoms. The highest BCUT2D eigenvalue weighted by atomic mass is 16.5. The van der Waals surface area contributed by atoms with E-state index in [2.05, 4.69) is 19.9 Å². The summed E-state index contributed by atoms with van der Waals surface area (Å²) in [6, 6.07) is 20.9. The molecule has 2 aliphatic heterocycles. The number of aromatic nitrogens is 4. The predicted octanol–water partition coefficient (Wildman–Crippen LogP) is 6.18. The maximum absolute atomic E-state index is 12.8. The van der Waals surface area contributed by atoms with Crippen LogP contribution in [0.2, 0.25) is 0 Å². The standard InChI is InChI=1S/C28H20N4O2/c1-17-2-4-18(5-3-17)28(33)34-27-16-25-14-23-9-8-21(30-23)12-19-6-7-20(29-19)13-22-10-11-24(31-22)15-26(27)32-25/h2-16,29,32H,1H3. The van der Waals surface area contributed by atoms with Gasteiger partial charge in [-0.1, -0.05) is 17.7 Å². The number of aromatic amines is 2. The molecule has 4 aromatic rings. The molecule has 164 valence electrons. The number of fused-ring (bicyclic) bond motifs is 8. The largest absolute Gasteiger partial charge is 0.421 e. The van der Waals surface area contributed by atoms with E-state index in [0.717, 1.165) is 44.9 Å². The molecular formula is C28H20N4O2. The number of benzene rings is 1. The van der Waals surface area contributed by atoms with Gasteiger partial charge in [-0.05, 0) is 79.8 Å². The molecule has 2 N–H and O–H groups in total. The van der Waals surface area contributed by atoms with Crippen molar-refractivity contribution < 1.29 is 9.53 Å². The van der Waals surface area contributed by atoms with Gasteiger partial charge in [0.05, 0.1) is 33.9 Å². The molecular weight excluding hydrogens is 424 g/mol. The van der Waals surface area contributed by atoms with Crippen LogP contribution in [0.5, 0.6) is 5.75 Å². The molecule has 6 nitrogen and oxygen atoms in total. The molecule has 6 rings (SSSR count). The third kappa shape index (κ3) is 4.04. The molecule has 0 unspecified atom stereocenters. The van der Waals surface area contributed by atoms with Crippen molar-refractivity contribution in [2.75, 3.05) is 0 Å². The minimum atomic E-state index is -0.416. The van der Waals surface area contributed by atoms with Crippen LogP contribution in [0, 0.1) is 6.92 Å². The van der Waals surface area contributed by atoms with Gasteiger partial charge in [-0.3, -0.25) is 0 Å². The highest BCUT2D eigenvalue weighted by Gasteiger charge is 2.12. The lowest BCUT2D eigenvalue weighted by Crippen LogP contribution is -2.07. The molecule has 0 atom stereocenters. The summed E-state index contributed by atoms with van der Waals surface area (Å²) in [7, 11) is 0. The maximum Gasteiger partial charge on any atom is 0.343 e. The quantitative estimate of drug-likeness (QED) is 0.312. The highest BCUT2D eigenvalue weighted by Crippen LogP contribution is 2.25. The van der Waals surface area contributed by atoms with Crippen LogP contribution in [0.4, 0.5) is 0 Å². The summed E-state index contributed by atoms with van der Waals surface area (Å²) in [5.74, 6) is 0.0165. The lowest BCUT2D eigenvalue weighted by Gasteiger charge is -2.03. The molecule has 0 saturated heterocycles. The van der Waals surface area contributed by atoms with Gasteiger partial charge < -0.3 is 14.7 Å². The fraction of sp³-hybridized carbons (Fsp3) is 0.0357. The molecule has 0 saturated carbocycles. The van der Waals surface area contributed by atoms with Crippen LogP contribution < -0.4 is 4.74 Å². The first-order chi connectivity index (χ1) is 16.6. The molecule has 0 fully saturated rings. The fourth-order valence-electron chi connectivity index (χ4n) is 3.92. The molecule has 0 radical (unpaired) electrons. The molecule has 1 aromatic carbocycles. The van der Waals surface area contributed by atoms with E-state index in [0.29, 0.717) is 16.8 Å². The van der Waals surface area contributed by atoms with Gasteiger partial charge in [0.2, 0.25) is 0 Å². The van der Waals surface area contributed by atoms with Crippen molar-refractivity contribution in [3.63, 3.8) is 0 Å². The second kappa shape index (κ2) is 8.01. The number of esters is 1. The Bertz CT molecular complexity index is 1650. The summed E-state index contributed by atoms with van der Waals surface area (Å²) in [5.41, 5.74) is 8.16. The van der Waals surface area contributed by atoms with Crippen molar-refractivity contribution in [3.05, 3.63) is 101 Å². The van der Waals surface area contributed by atoms with Crippen molar-refractivity contribution in [1.29, 1.82) is 0 Å². The first kappa shape index (κ1) is 19.9. The summed E-state index contributed by atoms with van der Waals surface area (Å²) in [6.45, 7) is 1.98. The summed E-state index contributed by atoms with van der Waals surface area (Å²) in [6.07, 6.45) is 7.80. The van der Waals surface area contributed by atoms with E-state index >= 15 is 0 Å². The Balaban J connectivity index is 1.52. The van der Waals surface area contributed by atoms with E-state index in [-0.39, 0.29) is 0 Å². The van der Waals surface area contributed by atoms with Crippen molar-refractivity contribution in [3.8, 4) is 5.75 Å². The number of H-pyrrole nitrogens is 2. The Morgan fingerprint density at radius 3 is 1.85 bits per heavy atom. The molecule has 3 aromatic heterocycles. The minimum absolute atomic E-state index is 0.416. The fourth-order valence-corrected chi connectivity index (χ4v) is 3.92. The summed E-state index contributed by atoms with van der Waals surface area (Å²) < 4.78 is 5.78. The van der Waals surface area contributed by atoms with Gasteiger partial charge in [-0.2, -0.15) is 0 Å². The van der Waals surface area contributed by atoms with E-state index in [1.165, 1.54) is 0 Å². The van der Waals surface area contributed by atoms with Gasteiger partial charge in [-0.25, -0.2) is 14.8 Å². The van der Waals surface area contributed by atoms with Gasteiger partial charge in [0.1, 0.15) is 0 Å². The number of carbonyl (C=O) groups excluding carboxylic acids is 1. The molecule has 0 aliphatic carbocycles. The molecule has 2 aliphatic rings. The number of aryl methyl sites for hydroxylation is 1. The van der Waals surface area contributed by atoms with Crippen molar-refractivity contribution >= 4 is 52.3 Å². The third-order valence-corrected chi connectivity index (χ3v) is 5.62. The Hall–Kier alpha value is -4.71. The molecule has 8 bridgehead atoms. The molecule has 0 spiro atoms. The van der Waals surface area contributed by atoms with Gasteiger partial charge >= 0.3 is 5.97 Å². The predicted molar refractivity (Wildman–Crippen MR) is 135 cm³/mol. The topological polar surface area (TPSA) is 83.7 Å². The Morgan fingerprint density at radius 1 is 0.676 bits per heavy atom. The van der Waals surface area contributed by atoms with E-state index in [4.69, 9.17) is 4.74 Å². The number of hydrogen-bond donors (Lipinski definition) is 2. The van der Waals surface area contributed by atoms with E-state index in [9.17, 15) is 4.79 Å². The Labute approximate surface area is 195 Å². The second-order valence-electron chi connectivity index (χ2n) is 8.29. The Kier molecular flexibility index (Phi) is 4.70. The zero-order valence-corrected chi connectivity index (χ0v) is 18.4. The average Bonchev–Trinajstić information content (AvgIpc) is 3.60. The van der Waals surface area contributed by atoms with Crippen LogP contribution in [0.25, 0.3) is 46.4 Å². The van der Waals surface area contributed by atoms with Crippen molar-refractivity contribution in [1.82, 2.24) is 19.9 Å². The minimum Gasteiger partial charge on any atom is -0.421 e. The monoisotopic (exact) mass is 444 g/mol. The summed E-state index contributed by atoms with van der Waals surface area (Å²) in [4.78, 5) is 28.9. The summed E-state index contributed by atoms with van der Waals surface area (Å²) in [5, 5.41) is 0. The van der Waals surface area contributed by atoms with Gasteiger partial charge in [0.25, 0.3) is 0 Å². The lowest BCUT2D eigenvalue weighted by molar-refractivity contribution is 0.0737. The van der Waals surface area contributed by atoms with Gasteiger partial charge in [0.15, 0.2) is 5.75 Å². The lowest BCUT2D eigenvalue weighted by atomic mass is 10.1. The van der Waals surface area contributed by atoms with Gasteiger partial charge in [0, 0.05) is 22.6 Å². The summed E-state index contributed by atoms with van der Waals surface area (Å²) >= 11 is 0. The van der Waals surface area contributed by atoms with Crippen LogP contribution in [0.3, 0.4) is 0 Å². The molecule has 0 amide bonds. The third-order valence-electron chi connectivity index (χ3n) is 5.62. The smallest absolute Gasteiger partial charge is 0.343 e. The normalized spacial score (nSPS) is 12.1. The average molecular weight is 444 g/mol. The molecule has 5 heterocycles. The van der Waals surface area contributed by atoms with Crippen molar-refractivity contribution in [2.24, 2.45) is 0 Å². The van der Waals surface area contributed by atoms with E-state index in [1.807, 2.05) is 79.8 Å². The SMILES string of the molecule is Cc1ccc(C(=O)Oc2cc3cc4nc(cc5ccc(cc6nc(cc2[nH]3)C=C6)[nH]5)C=C4)cc1. The Morgan fingerprint density at radius 2 is 1.24 bits per heavy atom. The zero-order valence-electron chi connectivity index (χ0n) is 18.4. The number of nitrogens with one attached hydrogen (secondary N) is 2. The van der Waals surface area contributed by atoms with Crippen molar-refractivity contribution in [2.45, 2.75) is 6.92 Å². The number of rotatable bonds is 2. The van der Waals surface area contributed by atoms with Crippen LogP contribution in [0.1, 0.15) is 38.7 Å². The number of carbonyl (C=O) groups is 1. The van der Waals surface area contributed by atoms with Crippen LogP contribution in [-0.2, 0) is 0 Å². The van der Waals surface area contributed by atoms with E-state index < -0.39 is 5.97 Å². The van der Waals surface area contributed by atoms with Crippen LogP contribution >= 0.6 is 0 Å². The first-order valence-electron chi connectivity index (χ1n) is 10.9.